The molecule has 0 aliphatic carbocycles. The molecule has 3 heteroatoms. The standard InChI is InChI=1S/C10H12O3/c1-3-11-8-5-10-9(4-7(8)2)12-6-13-10/h4-5H,3,6H2,1-2H3. The van der Waals surface area contributed by atoms with Crippen molar-refractivity contribution >= 4 is 0 Å². The minimum absolute atomic E-state index is 0.310. The van der Waals surface area contributed by atoms with Gasteiger partial charge in [0.2, 0.25) is 6.79 Å². The van der Waals surface area contributed by atoms with Gasteiger partial charge in [0.1, 0.15) is 5.75 Å². The molecule has 0 radical (unpaired) electrons. The topological polar surface area (TPSA) is 27.7 Å². The monoisotopic (exact) mass is 180 g/mol. The van der Waals surface area contributed by atoms with Gasteiger partial charge in [0.05, 0.1) is 6.61 Å². The third-order valence-corrected chi connectivity index (χ3v) is 1.97. The van der Waals surface area contributed by atoms with Gasteiger partial charge in [-0.2, -0.15) is 0 Å². The van der Waals surface area contributed by atoms with Gasteiger partial charge in [-0.3, -0.25) is 0 Å². The van der Waals surface area contributed by atoms with Gasteiger partial charge >= 0.3 is 0 Å². The van der Waals surface area contributed by atoms with E-state index in [0.29, 0.717) is 13.4 Å². The largest absolute Gasteiger partial charge is 0.493 e. The second-order valence-electron chi connectivity index (χ2n) is 2.90. The summed E-state index contributed by atoms with van der Waals surface area (Å²) >= 11 is 0. The number of hydrogen-bond acceptors (Lipinski definition) is 3. The molecule has 0 amide bonds. The van der Waals surface area contributed by atoms with Crippen LogP contribution in [0, 0.1) is 6.92 Å². The van der Waals surface area contributed by atoms with Crippen molar-refractivity contribution in [3.8, 4) is 17.2 Å². The Labute approximate surface area is 77.2 Å². The molecule has 1 heterocycles. The van der Waals surface area contributed by atoms with Crippen molar-refractivity contribution in [1.29, 1.82) is 0 Å². The van der Waals surface area contributed by atoms with Crippen molar-refractivity contribution in [2.24, 2.45) is 0 Å². The van der Waals surface area contributed by atoms with Gasteiger partial charge in [-0.05, 0) is 25.5 Å². The predicted molar refractivity (Wildman–Crippen MR) is 48.5 cm³/mol. The fraction of sp³-hybridized carbons (Fsp3) is 0.400. The molecule has 0 N–H and O–H groups in total. The maximum Gasteiger partial charge on any atom is 0.231 e. The average Bonchev–Trinajstić information content (AvgIpc) is 2.52. The van der Waals surface area contributed by atoms with Crippen LogP contribution >= 0.6 is 0 Å². The Balaban J connectivity index is 2.37. The lowest BCUT2D eigenvalue weighted by molar-refractivity contribution is 0.174. The van der Waals surface area contributed by atoms with Crippen molar-refractivity contribution in [3.05, 3.63) is 17.7 Å². The molecule has 13 heavy (non-hydrogen) atoms. The molecule has 2 rings (SSSR count). The van der Waals surface area contributed by atoms with E-state index in [1.807, 2.05) is 26.0 Å². The first-order chi connectivity index (χ1) is 6.31. The quantitative estimate of drug-likeness (QED) is 0.697. The van der Waals surface area contributed by atoms with Gasteiger partial charge in [-0.15, -0.1) is 0 Å². The van der Waals surface area contributed by atoms with Crippen LogP contribution in [-0.4, -0.2) is 13.4 Å². The highest BCUT2D eigenvalue weighted by Gasteiger charge is 2.15. The van der Waals surface area contributed by atoms with E-state index in [1.165, 1.54) is 0 Å². The van der Waals surface area contributed by atoms with Gasteiger partial charge in [-0.25, -0.2) is 0 Å². The van der Waals surface area contributed by atoms with Crippen LogP contribution in [0.5, 0.6) is 17.2 Å². The summed E-state index contributed by atoms with van der Waals surface area (Å²) in [6, 6.07) is 3.81. The molecule has 0 bridgehead atoms. The van der Waals surface area contributed by atoms with Gasteiger partial charge in [0.25, 0.3) is 0 Å². The highest BCUT2D eigenvalue weighted by molar-refractivity contribution is 5.51. The highest BCUT2D eigenvalue weighted by atomic mass is 16.7. The first kappa shape index (κ1) is 8.23. The Hall–Kier alpha value is -1.38. The van der Waals surface area contributed by atoms with Crippen LogP contribution in [0.1, 0.15) is 12.5 Å². The Bertz CT molecular complexity index is 320. The van der Waals surface area contributed by atoms with Crippen LogP contribution in [0.25, 0.3) is 0 Å². The number of aryl methyl sites for hydroxylation is 1. The maximum atomic E-state index is 5.43. The molecule has 0 aromatic heterocycles. The molecule has 1 aromatic carbocycles. The molecular formula is C10H12O3. The molecule has 1 aliphatic heterocycles. The van der Waals surface area contributed by atoms with E-state index in [1.54, 1.807) is 0 Å². The summed E-state index contributed by atoms with van der Waals surface area (Å²) in [7, 11) is 0. The van der Waals surface area contributed by atoms with Crippen LogP contribution in [0.2, 0.25) is 0 Å². The first-order valence-corrected chi connectivity index (χ1v) is 4.34. The van der Waals surface area contributed by atoms with Crippen molar-refractivity contribution in [2.75, 3.05) is 13.4 Å². The normalized spacial score (nSPS) is 13.1. The lowest BCUT2D eigenvalue weighted by atomic mass is 10.2. The Morgan fingerprint density at radius 3 is 2.69 bits per heavy atom. The molecule has 70 valence electrons. The van der Waals surface area contributed by atoms with Crippen molar-refractivity contribution < 1.29 is 14.2 Å². The Morgan fingerprint density at radius 2 is 2.00 bits per heavy atom. The molecule has 0 fully saturated rings. The molecule has 0 saturated carbocycles. The van der Waals surface area contributed by atoms with E-state index < -0.39 is 0 Å². The van der Waals surface area contributed by atoms with Crippen molar-refractivity contribution in [3.63, 3.8) is 0 Å². The first-order valence-electron chi connectivity index (χ1n) is 4.34. The van der Waals surface area contributed by atoms with Gasteiger partial charge in [-0.1, -0.05) is 0 Å². The van der Waals surface area contributed by atoms with Crippen LogP contribution in [0.3, 0.4) is 0 Å². The number of hydrogen-bond donors (Lipinski definition) is 0. The molecule has 1 aromatic rings. The third kappa shape index (κ3) is 1.41. The second kappa shape index (κ2) is 3.17. The predicted octanol–water partition coefficient (Wildman–Crippen LogP) is 2.12. The fourth-order valence-corrected chi connectivity index (χ4v) is 1.34. The highest BCUT2D eigenvalue weighted by Crippen LogP contribution is 2.37. The molecular weight excluding hydrogens is 168 g/mol. The van der Waals surface area contributed by atoms with Crippen LogP contribution in [0.4, 0.5) is 0 Å². The molecule has 0 saturated heterocycles. The molecule has 0 atom stereocenters. The Kier molecular flexibility index (Phi) is 2.00. The number of fused-ring (bicyclic) bond motifs is 1. The zero-order valence-electron chi connectivity index (χ0n) is 7.79. The molecule has 0 unspecified atom stereocenters. The lowest BCUT2D eigenvalue weighted by Gasteiger charge is -2.07. The van der Waals surface area contributed by atoms with E-state index in [4.69, 9.17) is 14.2 Å². The summed E-state index contributed by atoms with van der Waals surface area (Å²) in [5.74, 6) is 2.45. The lowest BCUT2D eigenvalue weighted by Crippen LogP contribution is -1.93. The van der Waals surface area contributed by atoms with E-state index >= 15 is 0 Å². The number of benzene rings is 1. The second-order valence-corrected chi connectivity index (χ2v) is 2.90. The molecule has 0 spiro atoms. The summed E-state index contributed by atoms with van der Waals surface area (Å²) in [4.78, 5) is 0. The van der Waals surface area contributed by atoms with Crippen molar-refractivity contribution in [2.45, 2.75) is 13.8 Å². The SMILES string of the molecule is CCOc1cc2c(cc1C)OCO2. The summed E-state index contributed by atoms with van der Waals surface area (Å²) in [5.41, 5.74) is 1.08. The maximum absolute atomic E-state index is 5.43. The third-order valence-electron chi connectivity index (χ3n) is 1.97. The summed E-state index contributed by atoms with van der Waals surface area (Å²) in [6.45, 7) is 4.93. The Morgan fingerprint density at radius 1 is 1.31 bits per heavy atom. The van der Waals surface area contributed by atoms with E-state index in [0.717, 1.165) is 22.8 Å². The summed E-state index contributed by atoms with van der Waals surface area (Å²) in [6.07, 6.45) is 0. The smallest absolute Gasteiger partial charge is 0.231 e. The van der Waals surface area contributed by atoms with E-state index in [9.17, 15) is 0 Å². The van der Waals surface area contributed by atoms with Gasteiger partial charge < -0.3 is 14.2 Å². The number of rotatable bonds is 2. The number of ether oxygens (including phenoxy) is 3. The van der Waals surface area contributed by atoms with Crippen LogP contribution in [-0.2, 0) is 0 Å². The zero-order chi connectivity index (χ0) is 9.26. The fourth-order valence-electron chi connectivity index (χ4n) is 1.34. The molecule has 3 nitrogen and oxygen atoms in total. The molecule has 1 aliphatic rings. The minimum Gasteiger partial charge on any atom is -0.493 e. The summed E-state index contributed by atoms with van der Waals surface area (Å²) < 4.78 is 15.9. The average molecular weight is 180 g/mol. The summed E-state index contributed by atoms with van der Waals surface area (Å²) in [5, 5.41) is 0. The van der Waals surface area contributed by atoms with E-state index in [2.05, 4.69) is 0 Å². The van der Waals surface area contributed by atoms with Gasteiger partial charge in [0.15, 0.2) is 11.5 Å². The zero-order valence-corrected chi connectivity index (χ0v) is 7.79. The van der Waals surface area contributed by atoms with Crippen LogP contribution in [0.15, 0.2) is 12.1 Å². The van der Waals surface area contributed by atoms with E-state index in [-0.39, 0.29) is 0 Å². The van der Waals surface area contributed by atoms with Crippen molar-refractivity contribution in [1.82, 2.24) is 0 Å². The minimum atomic E-state index is 0.310. The van der Waals surface area contributed by atoms with Gasteiger partial charge in [0, 0.05) is 6.07 Å². The van der Waals surface area contributed by atoms with Crippen LogP contribution < -0.4 is 14.2 Å².